The number of hydrogen-bond donors (Lipinski definition) is 1. The fraction of sp³-hybridized carbons (Fsp3) is 0.500. The highest BCUT2D eigenvalue weighted by atomic mass is 19.1. The van der Waals surface area contributed by atoms with Gasteiger partial charge in [0.05, 0.1) is 0 Å². The maximum absolute atomic E-state index is 12.0. The Morgan fingerprint density at radius 2 is 2.07 bits per heavy atom. The number of hydrogen-bond acceptors (Lipinski definition) is 1. The minimum atomic E-state index is -0.266. The molecular weight excluding hydrogens is 177 g/mol. The highest BCUT2D eigenvalue weighted by Crippen LogP contribution is 2.20. The predicted octanol–water partition coefficient (Wildman–Crippen LogP) is 2.10. The minimum Gasteiger partial charge on any atom is -0.311 e. The van der Waals surface area contributed by atoms with Crippen LogP contribution in [0.5, 0.6) is 0 Å². The molecule has 0 spiro atoms. The van der Waals surface area contributed by atoms with Gasteiger partial charge in [-0.3, -0.25) is 0 Å². The van der Waals surface area contributed by atoms with Crippen molar-refractivity contribution < 1.29 is 4.39 Å². The molecule has 1 atom stereocenters. The van der Waals surface area contributed by atoms with E-state index in [1.54, 1.807) is 0 Å². The highest BCUT2D eigenvalue weighted by Gasteiger charge is 2.16. The summed E-state index contributed by atoms with van der Waals surface area (Å²) in [4.78, 5) is 0. The first kappa shape index (κ1) is 9.66. The van der Waals surface area contributed by atoms with Gasteiger partial charge in [0.25, 0.3) is 0 Å². The zero-order valence-corrected chi connectivity index (χ0v) is 8.30. The van der Waals surface area contributed by atoms with E-state index in [-0.39, 0.29) is 6.67 Å². The van der Waals surface area contributed by atoms with Gasteiger partial charge in [0.2, 0.25) is 0 Å². The zero-order chi connectivity index (χ0) is 9.80. The van der Waals surface area contributed by atoms with Gasteiger partial charge < -0.3 is 5.32 Å². The van der Waals surface area contributed by atoms with Crippen molar-refractivity contribution in [1.82, 2.24) is 5.32 Å². The average molecular weight is 193 g/mol. The molecule has 2 rings (SSSR count). The fourth-order valence-electron chi connectivity index (χ4n) is 2.13. The van der Waals surface area contributed by atoms with Crippen molar-refractivity contribution in [2.24, 2.45) is 0 Å². The van der Waals surface area contributed by atoms with Gasteiger partial charge in [0.1, 0.15) is 6.67 Å². The van der Waals surface area contributed by atoms with Crippen LogP contribution in [0.15, 0.2) is 24.3 Å². The van der Waals surface area contributed by atoms with E-state index in [4.69, 9.17) is 0 Å². The minimum absolute atomic E-state index is 0.266. The Bertz CT molecular complexity index is 298. The summed E-state index contributed by atoms with van der Waals surface area (Å²) < 4.78 is 12.0. The molecule has 0 aromatic heterocycles. The van der Waals surface area contributed by atoms with Gasteiger partial charge >= 0.3 is 0 Å². The Labute approximate surface area is 84.3 Å². The highest BCUT2D eigenvalue weighted by molar-refractivity contribution is 5.30. The van der Waals surface area contributed by atoms with Crippen molar-refractivity contribution in [3.8, 4) is 0 Å². The Morgan fingerprint density at radius 1 is 1.29 bits per heavy atom. The second-order valence-electron chi connectivity index (χ2n) is 3.85. The van der Waals surface area contributed by atoms with E-state index in [1.807, 2.05) is 0 Å². The van der Waals surface area contributed by atoms with Gasteiger partial charge in [0, 0.05) is 12.6 Å². The summed E-state index contributed by atoms with van der Waals surface area (Å²) in [6.07, 6.45) is 3.31. The van der Waals surface area contributed by atoms with Crippen LogP contribution in [0.4, 0.5) is 4.39 Å². The molecule has 1 aromatic rings. The lowest BCUT2D eigenvalue weighted by molar-refractivity contribution is 0.406. The molecule has 1 aliphatic carbocycles. The van der Waals surface area contributed by atoms with Gasteiger partial charge in [-0.2, -0.15) is 0 Å². The normalized spacial score (nSPS) is 20.5. The number of aryl methyl sites for hydroxylation is 1. The maximum Gasteiger partial charge on any atom is 0.102 e. The van der Waals surface area contributed by atoms with Crippen LogP contribution in [0.3, 0.4) is 0 Å². The summed E-state index contributed by atoms with van der Waals surface area (Å²) in [5, 5.41) is 3.24. The number of fused-ring (bicyclic) bond motifs is 1. The Kier molecular flexibility index (Phi) is 3.14. The molecule has 14 heavy (non-hydrogen) atoms. The largest absolute Gasteiger partial charge is 0.311 e. The van der Waals surface area contributed by atoms with E-state index in [2.05, 4.69) is 29.6 Å². The number of halogens is 1. The summed E-state index contributed by atoms with van der Waals surface area (Å²) in [6, 6.07) is 9.02. The molecule has 0 heterocycles. The van der Waals surface area contributed by atoms with Crippen LogP contribution in [-0.4, -0.2) is 19.3 Å². The predicted molar refractivity (Wildman–Crippen MR) is 56.2 cm³/mol. The molecule has 0 bridgehead atoms. The zero-order valence-electron chi connectivity index (χ0n) is 8.30. The molecule has 0 aliphatic heterocycles. The molecule has 1 aliphatic rings. The third-order valence-electron chi connectivity index (χ3n) is 2.87. The molecule has 0 amide bonds. The van der Waals surface area contributed by atoms with Crippen molar-refractivity contribution in [3.63, 3.8) is 0 Å². The lowest BCUT2D eigenvalue weighted by Crippen LogP contribution is -2.35. The van der Waals surface area contributed by atoms with E-state index in [1.165, 1.54) is 11.1 Å². The average Bonchev–Trinajstić information content (AvgIpc) is 2.26. The number of benzene rings is 1. The summed E-state index contributed by atoms with van der Waals surface area (Å²) in [5.41, 5.74) is 2.89. The fourth-order valence-corrected chi connectivity index (χ4v) is 2.13. The molecule has 0 saturated carbocycles. The molecule has 1 unspecified atom stereocenters. The first-order chi connectivity index (χ1) is 6.90. The number of alkyl halides is 1. The van der Waals surface area contributed by atoms with Gasteiger partial charge in [-0.1, -0.05) is 24.3 Å². The summed E-state index contributed by atoms with van der Waals surface area (Å²) in [5.74, 6) is 0. The molecule has 1 aromatic carbocycles. The third kappa shape index (κ3) is 2.13. The smallest absolute Gasteiger partial charge is 0.102 e. The van der Waals surface area contributed by atoms with E-state index in [0.717, 1.165) is 19.3 Å². The van der Waals surface area contributed by atoms with Crippen LogP contribution in [0.1, 0.15) is 17.5 Å². The Balaban J connectivity index is 1.99. The van der Waals surface area contributed by atoms with Crippen molar-refractivity contribution >= 4 is 0 Å². The number of nitrogens with one attached hydrogen (secondary N) is 1. The molecule has 2 heteroatoms. The number of rotatable bonds is 3. The molecule has 0 fully saturated rings. The molecule has 76 valence electrons. The molecule has 0 radical (unpaired) electrons. The second-order valence-corrected chi connectivity index (χ2v) is 3.85. The maximum atomic E-state index is 12.0. The first-order valence-electron chi connectivity index (χ1n) is 5.26. The van der Waals surface area contributed by atoms with Gasteiger partial charge in [-0.05, 0) is 30.4 Å². The molecule has 0 saturated heterocycles. The van der Waals surface area contributed by atoms with Crippen LogP contribution < -0.4 is 5.32 Å². The lowest BCUT2D eigenvalue weighted by Gasteiger charge is -2.25. The monoisotopic (exact) mass is 193 g/mol. The second kappa shape index (κ2) is 4.56. The van der Waals surface area contributed by atoms with Crippen LogP contribution in [0.25, 0.3) is 0 Å². The van der Waals surface area contributed by atoms with Crippen molar-refractivity contribution in [2.45, 2.75) is 25.3 Å². The molecule has 1 N–H and O–H groups in total. The van der Waals surface area contributed by atoms with Gasteiger partial charge in [-0.15, -0.1) is 0 Å². The van der Waals surface area contributed by atoms with Crippen LogP contribution in [0.2, 0.25) is 0 Å². The summed E-state index contributed by atoms with van der Waals surface area (Å²) in [7, 11) is 0. The van der Waals surface area contributed by atoms with Crippen LogP contribution in [0, 0.1) is 0 Å². The van der Waals surface area contributed by atoms with Gasteiger partial charge in [-0.25, -0.2) is 4.39 Å². The molecular formula is C12H16FN. The van der Waals surface area contributed by atoms with Crippen LogP contribution >= 0.6 is 0 Å². The Hall–Kier alpha value is -0.890. The van der Waals surface area contributed by atoms with Gasteiger partial charge in [0.15, 0.2) is 0 Å². The standard InChI is InChI=1S/C12H16FN/c13-7-8-14-12-6-5-10-3-1-2-4-11(10)9-12/h1-4,12,14H,5-9H2. The molecule has 1 nitrogen and oxygen atoms in total. The van der Waals surface area contributed by atoms with Crippen molar-refractivity contribution in [1.29, 1.82) is 0 Å². The van der Waals surface area contributed by atoms with Crippen LogP contribution in [-0.2, 0) is 12.8 Å². The lowest BCUT2D eigenvalue weighted by atomic mass is 9.88. The quantitative estimate of drug-likeness (QED) is 0.775. The third-order valence-corrected chi connectivity index (χ3v) is 2.87. The topological polar surface area (TPSA) is 12.0 Å². The van der Waals surface area contributed by atoms with E-state index >= 15 is 0 Å². The van der Waals surface area contributed by atoms with Crippen molar-refractivity contribution in [2.75, 3.05) is 13.2 Å². The summed E-state index contributed by atoms with van der Waals surface area (Å²) >= 11 is 0. The van der Waals surface area contributed by atoms with E-state index in [0.29, 0.717) is 12.6 Å². The SMILES string of the molecule is FCCNC1CCc2ccccc2C1. The van der Waals surface area contributed by atoms with E-state index < -0.39 is 0 Å². The van der Waals surface area contributed by atoms with Crippen molar-refractivity contribution in [3.05, 3.63) is 35.4 Å². The van der Waals surface area contributed by atoms with E-state index in [9.17, 15) is 4.39 Å². The summed E-state index contributed by atoms with van der Waals surface area (Å²) in [6.45, 7) is 0.227. The first-order valence-corrected chi connectivity index (χ1v) is 5.26. The Morgan fingerprint density at radius 3 is 2.86 bits per heavy atom.